The Morgan fingerprint density at radius 3 is 2.61 bits per heavy atom. The third-order valence-corrected chi connectivity index (χ3v) is 5.88. The molecule has 1 aliphatic heterocycles. The van der Waals surface area contributed by atoms with Crippen LogP contribution in [0.3, 0.4) is 0 Å². The Bertz CT molecular complexity index is 1000. The molecule has 4 rings (SSSR count). The van der Waals surface area contributed by atoms with Crippen LogP contribution in [0.1, 0.15) is 18.1 Å². The van der Waals surface area contributed by atoms with E-state index in [1.54, 1.807) is 12.1 Å². The third kappa shape index (κ3) is 3.60. The molecule has 1 aromatic heterocycles. The zero-order valence-corrected chi connectivity index (χ0v) is 16.2. The van der Waals surface area contributed by atoms with Gasteiger partial charge in [0.05, 0.1) is 5.25 Å². The van der Waals surface area contributed by atoms with E-state index >= 15 is 0 Å². The molecule has 144 valence electrons. The average molecular weight is 397 g/mol. The lowest BCUT2D eigenvalue weighted by atomic mass is 10.00. The second-order valence-corrected chi connectivity index (χ2v) is 8.03. The van der Waals surface area contributed by atoms with Gasteiger partial charge in [-0.15, -0.1) is 10.2 Å². The average Bonchev–Trinajstić information content (AvgIpc) is 3.08. The number of halogens is 1. The number of hydrogen-bond acceptors (Lipinski definition) is 5. The Morgan fingerprint density at radius 1 is 1.14 bits per heavy atom. The van der Waals surface area contributed by atoms with E-state index in [4.69, 9.17) is 5.84 Å². The van der Waals surface area contributed by atoms with Gasteiger partial charge in [0.15, 0.2) is 5.82 Å². The molecular formula is C20H20FN5OS. The smallest absolute Gasteiger partial charge is 0.236 e. The highest BCUT2D eigenvalue weighted by Gasteiger charge is 2.27. The van der Waals surface area contributed by atoms with E-state index in [-0.39, 0.29) is 17.0 Å². The number of rotatable bonds is 4. The predicted molar refractivity (Wildman–Crippen MR) is 106 cm³/mol. The normalized spacial score (nSPS) is 14.6. The monoisotopic (exact) mass is 397 g/mol. The van der Waals surface area contributed by atoms with Crippen LogP contribution in [0.2, 0.25) is 0 Å². The van der Waals surface area contributed by atoms with E-state index < -0.39 is 0 Å². The van der Waals surface area contributed by atoms with Crippen LogP contribution in [-0.4, -0.2) is 37.5 Å². The molecule has 0 saturated carbocycles. The molecule has 0 fully saturated rings. The van der Waals surface area contributed by atoms with Crippen molar-refractivity contribution in [2.24, 2.45) is 0 Å². The lowest BCUT2D eigenvalue weighted by Gasteiger charge is -2.30. The minimum atomic E-state index is -0.349. The predicted octanol–water partition coefficient (Wildman–Crippen LogP) is 2.86. The first-order chi connectivity index (χ1) is 13.5. The van der Waals surface area contributed by atoms with Crippen LogP contribution < -0.4 is 5.84 Å². The van der Waals surface area contributed by atoms with Crippen LogP contribution in [0.5, 0.6) is 0 Å². The molecule has 1 aliphatic rings. The number of nitrogens with zero attached hydrogens (tertiary/aromatic N) is 4. The quantitative estimate of drug-likeness (QED) is 0.541. The Morgan fingerprint density at radius 2 is 1.86 bits per heavy atom. The maximum absolute atomic E-state index is 13.1. The summed E-state index contributed by atoms with van der Waals surface area (Å²) in [6, 6.07) is 14.1. The molecule has 1 amide bonds. The highest BCUT2D eigenvalue weighted by Crippen LogP contribution is 2.27. The van der Waals surface area contributed by atoms with Crippen LogP contribution >= 0.6 is 11.8 Å². The Kier molecular flexibility index (Phi) is 5.04. The highest BCUT2D eigenvalue weighted by molar-refractivity contribution is 8.00. The lowest BCUT2D eigenvalue weighted by molar-refractivity contribution is -0.131. The minimum absolute atomic E-state index is 0.0471. The standard InChI is InChI=1S/C20H20FN5OS/c1-13(19(27)25-11-10-14-4-2-3-5-16(14)12-25)28-20-24-23-18(26(20)22)15-6-8-17(21)9-7-15/h2-9,13H,10-12,22H2,1H3. The molecule has 0 spiro atoms. The first-order valence-corrected chi connectivity index (χ1v) is 9.89. The number of carbonyl (C=O) groups is 1. The fraction of sp³-hybridized carbons (Fsp3) is 0.250. The van der Waals surface area contributed by atoms with E-state index in [9.17, 15) is 9.18 Å². The lowest BCUT2D eigenvalue weighted by Crippen LogP contribution is -2.40. The van der Waals surface area contributed by atoms with Crippen molar-refractivity contribution < 1.29 is 9.18 Å². The van der Waals surface area contributed by atoms with Crippen LogP contribution in [-0.2, 0) is 17.8 Å². The second-order valence-electron chi connectivity index (χ2n) is 6.72. The van der Waals surface area contributed by atoms with Gasteiger partial charge in [-0.05, 0) is 48.7 Å². The second kappa shape index (κ2) is 7.63. The van der Waals surface area contributed by atoms with Gasteiger partial charge in [-0.25, -0.2) is 9.07 Å². The number of carbonyl (C=O) groups excluding carboxylic acids is 1. The van der Waals surface area contributed by atoms with Gasteiger partial charge in [0.2, 0.25) is 11.1 Å². The summed E-state index contributed by atoms with van der Waals surface area (Å²) in [6.07, 6.45) is 0.862. The Balaban J connectivity index is 1.46. The molecule has 6 nitrogen and oxygen atoms in total. The van der Waals surface area contributed by atoms with Gasteiger partial charge in [-0.1, -0.05) is 36.0 Å². The van der Waals surface area contributed by atoms with Gasteiger partial charge >= 0.3 is 0 Å². The topological polar surface area (TPSA) is 77.0 Å². The molecule has 0 aliphatic carbocycles. The summed E-state index contributed by atoms with van der Waals surface area (Å²) in [5.41, 5.74) is 3.16. The minimum Gasteiger partial charge on any atom is -0.337 e. The van der Waals surface area contributed by atoms with Crippen molar-refractivity contribution >= 4 is 17.7 Å². The van der Waals surface area contributed by atoms with Gasteiger partial charge in [-0.3, -0.25) is 4.79 Å². The summed E-state index contributed by atoms with van der Waals surface area (Å²) in [4.78, 5) is 14.8. The van der Waals surface area contributed by atoms with E-state index in [0.29, 0.717) is 29.6 Å². The fourth-order valence-electron chi connectivity index (χ4n) is 3.30. The van der Waals surface area contributed by atoms with E-state index in [1.165, 1.54) is 39.7 Å². The zero-order valence-electron chi connectivity index (χ0n) is 15.4. The molecule has 8 heteroatoms. The Labute approximate surface area is 166 Å². The van der Waals surface area contributed by atoms with Gasteiger partial charge in [0.1, 0.15) is 5.82 Å². The summed E-state index contributed by atoms with van der Waals surface area (Å²) >= 11 is 1.27. The van der Waals surface area contributed by atoms with Crippen LogP contribution in [0.25, 0.3) is 11.4 Å². The zero-order chi connectivity index (χ0) is 19.7. The first kappa shape index (κ1) is 18.5. The third-order valence-electron chi connectivity index (χ3n) is 4.84. The number of hydrogen-bond donors (Lipinski definition) is 1. The van der Waals surface area contributed by atoms with E-state index in [1.807, 2.05) is 24.0 Å². The number of nitrogen functional groups attached to an aromatic ring is 1. The Hall–Kier alpha value is -2.87. The number of fused-ring (bicyclic) bond motifs is 1. The SMILES string of the molecule is CC(Sc1nnc(-c2ccc(F)cc2)n1N)C(=O)N1CCc2ccccc2C1. The van der Waals surface area contributed by atoms with Crippen molar-refractivity contribution in [2.45, 2.75) is 30.3 Å². The molecule has 3 aromatic rings. The van der Waals surface area contributed by atoms with Gasteiger partial charge in [0.25, 0.3) is 0 Å². The molecule has 2 heterocycles. The van der Waals surface area contributed by atoms with Gasteiger partial charge in [-0.2, -0.15) is 0 Å². The van der Waals surface area contributed by atoms with Gasteiger partial charge in [0, 0.05) is 18.7 Å². The molecule has 2 aromatic carbocycles. The van der Waals surface area contributed by atoms with Crippen LogP contribution in [0.4, 0.5) is 4.39 Å². The summed E-state index contributed by atoms with van der Waals surface area (Å²) in [7, 11) is 0. The summed E-state index contributed by atoms with van der Waals surface area (Å²) in [5, 5.41) is 8.29. The molecule has 0 saturated heterocycles. The molecule has 1 unspecified atom stereocenters. The molecule has 0 bridgehead atoms. The summed E-state index contributed by atoms with van der Waals surface area (Å²) in [5.74, 6) is 6.26. The molecule has 0 radical (unpaired) electrons. The van der Waals surface area contributed by atoms with Crippen molar-refractivity contribution in [3.05, 3.63) is 65.5 Å². The number of nitrogens with two attached hydrogens (primary N) is 1. The van der Waals surface area contributed by atoms with Crippen LogP contribution in [0, 0.1) is 5.82 Å². The van der Waals surface area contributed by atoms with E-state index in [0.717, 1.165) is 6.42 Å². The molecular weight excluding hydrogens is 377 g/mol. The maximum atomic E-state index is 13.1. The molecule has 28 heavy (non-hydrogen) atoms. The number of amides is 1. The first-order valence-electron chi connectivity index (χ1n) is 9.01. The van der Waals surface area contributed by atoms with Crippen LogP contribution in [0.15, 0.2) is 53.7 Å². The summed E-state index contributed by atoms with van der Waals surface area (Å²) < 4.78 is 14.5. The van der Waals surface area contributed by atoms with Crippen molar-refractivity contribution in [1.82, 2.24) is 19.8 Å². The molecule has 1 atom stereocenters. The highest BCUT2D eigenvalue weighted by atomic mass is 32.2. The van der Waals surface area contributed by atoms with Crippen molar-refractivity contribution in [2.75, 3.05) is 12.4 Å². The largest absolute Gasteiger partial charge is 0.337 e. The number of aromatic nitrogens is 3. The van der Waals surface area contributed by atoms with E-state index in [2.05, 4.69) is 22.3 Å². The number of benzene rings is 2. The molecule has 2 N–H and O–H groups in total. The van der Waals surface area contributed by atoms with Crippen molar-refractivity contribution in [1.29, 1.82) is 0 Å². The van der Waals surface area contributed by atoms with Crippen molar-refractivity contribution in [3.63, 3.8) is 0 Å². The van der Waals surface area contributed by atoms with Gasteiger partial charge < -0.3 is 10.7 Å². The fourth-order valence-corrected chi connectivity index (χ4v) is 4.16. The number of thioether (sulfide) groups is 1. The maximum Gasteiger partial charge on any atom is 0.236 e. The van der Waals surface area contributed by atoms with Crippen molar-refractivity contribution in [3.8, 4) is 11.4 Å². The summed E-state index contributed by atoms with van der Waals surface area (Å²) in [6.45, 7) is 3.17.